The van der Waals surface area contributed by atoms with Gasteiger partial charge in [-0.25, -0.2) is 0 Å². The van der Waals surface area contributed by atoms with Gasteiger partial charge < -0.3 is 0 Å². The number of fused-ring (bicyclic) bond motifs is 3. The van der Waals surface area contributed by atoms with E-state index in [4.69, 9.17) is 12.2 Å². The Morgan fingerprint density at radius 3 is 2.67 bits per heavy atom. The number of carbonyl (C=O) groups excluding carboxylic acids is 1. The molecule has 5 nitrogen and oxygen atoms in total. The quantitative estimate of drug-likeness (QED) is 0.569. The summed E-state index contributed by atoms with van der Waals surface area (Å²) in [5.41, 5.74) is 1.91. The van der Waals surface area contributed by atoms with Crippen molar-refractivity contribution < 1.29 is 4.79 Å². The Morgan fingerprint density at radius 1 is 1.08 bits per heavy atom. The van der Waals surface area contributed by atoms with Gasteiger partial charge in [-0.05, 0) is 29.9 Å². The fraction of sp³-hybridized carbons (Fsp3) is 0.0588. The number of benzene rings is 2. The molecule has 1 amide bonds. The molecule has 24 heavy (non-hydrogen) atoms. The van der Waals surface area contributed by atoms with Crippen LogP contribution in [0.1, 0.15) is 5.56 Å². The molecule has 2 heterocycles. The van der Waals surface area contributed by atoms with E-state index >= 15 is 0 Å². The number of thiazole rings is 1. The number of carbonyl (C=O) groups is 1. The van der Waals surface area contributed by atoms with Gasteiger partial charge in [0.1, 0.15) is 0 Å². The van der Waals surface area contributed by atoms with Crippen LogP contribution < -0.4 is 5.32 Å². The summed E-state index contributed by atoms with van der Waals surface area (Å²) in [5, 5.41) is 2.73. The number of aromatic nitrogens is 3. The fourth-order valence-corrected chi connectivity index (χ4v) is 3.84. The zero-order valence-corrected chi connectivity index (χ0v) is 14.1. The Morgan fingerprint density at radius 2 is 1.83 bits per heavy atom. The lowest BCUT2D eigenvalue weighted by molar-refractivity contribution is -0.115. The molecule has 0 saturated carbocycles. The van der Waals surface area contributed by atoms with Gasteiger partial charge in [0.15, 0.2) is 4.96 Å². The maximum atomic E-state index is 12.2. The molecular weight excluding hydrogens is 340 g/mol. The van der Waals surface area contributed by atoms with Crippen LogP contribution in [0.4, 0.5) is 5.95 Å². The van der Waals surface area contributed by atoms with E-state index in [0.717, 1.165) is 15.8 Å². The van der Waals surface area contributed by atoms with Crippen LogP contribution in [0.2, 0.25) is 0 Å². The zero-order valence-electron chi connectivity index (χ0n) is 12.5. The third kappa shape index (κ3) is 2.79. The van der Waals surface area contributed by atoms with Crippen molar-refractivity contribution in [3.63, 3.8) is 0 Å². The molecule has 0 saturated heterocycles. The van der Waals surface area contributed by atoms with Crippen LogP contribution >= 0.6 is 23.6 Å². The molecule has 2 aromatic carbocycles. The third-order valence-corrected chi connectivity index (χ3v) is 4.85. The average Bonchev–Trinajstić information content (AvgIpc) is 2.94. The van der Waals surface area contributed by atoms with Crippen molar-refractivity contribution in [1.82, 2.24) is 14.4 Å². The maximum absolute atomic E-state index is 12.2. The first-order valence-corrected chi connectivity index (χ1v) is 8.55. The Labute approximate surface area is 146 Å². The minimum atomic E-state index is -0.166. The summed E-state index contributed by atoms with van der Waals surface area (Å²) in [5.74, 6) is 0.0774. The number of nitrogens with one attached hydrogen (secondary N) is 1. The normalized spacial score (nSPS) is 11.0. The van der Waals surface area contributed by atoms with Gasteiger partial charge in [-0.2, -0.15) is 9.97 Å². The fourth-order valence-electron chi connectivity index (χ4n) is 2.50. The highest BCUT2D eigenvalue weighted by Crippen LogP contribution is 2.25. The predicted octanol–water partition coefficient (Wildman–Crippen LogP) is 3.85. The monoisotopic (exact) mass is 352 g/mol. The van der Waals surface area contributed by atoms with E-state index in [0.29, 0.717) is 9.73 Å². The van der Waals surface area contributed by atoms with Crippen LogP contribution in [-0.4, -0.2) is 20.3 Å². The van der Waals surface area contributed by atoms with E-state index in [1.54, 1.807) is 0 Å². The number of para-hydroxylation sites is 1. The first-order valence-electron chi connectivity index (χ1n) is 7.33. The SMILES string of the molecule is O=C(Cc1ccccc1)Nc1nc(=S)n2c(n1)sc1ccccc12. The second-order valence-corrected chi connectivity index (χ2v) is 6.60. The van der Waals surface area contributed by atoms with Gasteiger partial charge in [0.25, 0.3) is 0 Å². The van der Waals surface area contributed by atoms with Gasteiger partial charge in [-0.1, -0.05) is 53.8 Å². The predicted molar refractivity (Wildman–Crippen MR) is 98.0 cm³/mol. The highest BCUT2D eigenvalue weighted by Gasteiger charge is 2.11. The van der Waals surface area contributed by atoms with Crippen LogP contribution in [0, 0.1) is 4.77 Å². The number of anilines is 1. The molecule has 4 aromatic rings. The highest BCUT2D eigenvalue weighted by molar-refractivity contribution is 7.71. The number of hydrogen-bond donors (Lipinski definition) is 1. The number of rotatable bonds is 3. The summed E-state index contributed by atoms with van der Waals surface area (Å²) >= 11 is 6.89. The Kier molecular flexibility index (Phi) is 3.79. The number of amides is 1. The smallest absolute Gasteiger partial charge is 0.234 e. The minimum absolute atomic E-state index is 0.166. The van der Waals surface area contributed by atoms with Crippen molar-refractivity contribution in [2.45, 2.75) is 6.42 Å². The van der Waals surface area contributed by atoms with Crippen molar-refractivity contribution >= 4 is 50.6 Å². The molecule has 0 atom stereocenters. The van der Waals surface area contributed by atoms with E-state index in [1.807, 2.05) is 59.0 Å². The van der Waals surface area contributed by atoms with Crippen molar-refractivity contribution in [3.8, 4) is 0 Å². The van der Waals surface area contributed by atoms with Gasteiger partial charge in [-0.15, -0.1) is 0 Å². The molecule has 118 valence electrons. The molecule has 2 aromatic heterocycles. The molecule has 1 N–H and O–H groups in total. The van der Waals surface area contributed by atoms with Crippen molar-refractivity contribution in [1.29, 1.82) is 0 Å². The van der Waals surface area contributed by atoms with E-state index in [1.165, 1.54) is 11.3 Å². The van der Waals surface area contributed by atoms with Crippen LogP contribution in [0.3, 0.4) is 0 Å². The lowest BCUT2D eigenvalue weighted by Crippen LogP contribution is -2.17. The largest absolute Gasteiger partial charge is 0.294 e. The Balaban J connectivity index is 1.66. The third-order valence-electron chi connectivity index (χ3n) is 3.55. The maximum Gasteiger partial charge on any atom is 0.234 e. The van der Waals surface area contributed by atoms with Gasteiger partial charge in [0.2, 0.25) is 16.6 Å². The first kappa shape index (κ1) is 14.9. The molecule has 0 radical (unpaired) electrons. The van der Waals surface area contributed by atoms with Gasteiger partial charge in [-0.3, -0.25) is 14.5 Å². The Bertz CT molecular complexity index is 1100. The molecule has 0 fully saturated rings. The molecule has 7 heteroatoms. The van der Waals surface area contributed by atoms with Crippen LogP contribution in [0.25, 0.3) is 15.2 Å². The number of hydrogen-bond acceptors (Lipinski definition) is 5. The summed E-state index contributed by atoms with van der Waals surface area (Å²) in [4.78, 5) is 21.6. The summed E-state index contributed by atoms with van der Waals surface area (Å²) in [6.45, 7) is 0. The summed E-state index contributed by atoms with van der Waals surface area (Å²) in [6.07, 6.45) is 0.272. The zero-order chi connectivity index (χ0) is 16.5. The second-order valence-electron chi connectivity index (χ2n) is 5.23. The summed E-state index contributed by atoms with van der Waals surface area (Å²) in [6, 6.07) is 17.4. The lowest BCUT2D eigenvalue weighted by atomic mass is 10.1. The summed E-state index contributed by atoms with van der Waals surface area (Å²) < 4.78 is 3.28. The average molecular weight is 352 g/mol. The van der Waals surface area contributed by atoms with Crippen molar-refractivity contribution in [2.75, 3.05) is 5.32 Å². The van der Waals surface area contributed by atoms with Gasteiger partial charge >= 0.3 is 0 Å². The lowest BCUT2D eigenvalue weighted by Gasteiger charge is -2.04. The second kappa shape index (κ2) is 6.10. The van der Waals surface area contributed by atoms with E-state index in [-0.39, 0.29) is 18.3 Å². The molecule has 0 spiro atoms. The van der Waals surface area contributed by atoms with Crippen LogP contribution in [-0.2, 0) is 11.2 Å². The van der Waals surface area contributed by atoms with E-state index in [2.05, 4.69) is 15.3 Å². The van der Waals surface area contributed by atoms with E-state index < -0.39 is 0 Å². The molecule has 0 unspecified atom stereocenters. The molecule has 0 bridgehead atoms. The number of nitrogens with zero attached hydrogens (tertiary/aromatic N) is 3. The van der Waals surface area contributed by atoms with Gasteiger partial charge in [0, 0.05) is 0 Å². The minimum Gasteiger partial charge on any atom is -0.294 e. The molecule has 0 aliphatic heterocycles. The molecule has 0 aliphatic rings. The first-order chi connectivity index (χ1) is 11.7. The van der Waals surface area contributed by atoms with Gasteiger partial charge in [0.05, 0.1) is 16.6 Å². The molecule has 0 aliphatic carbocycles. The highest BCUT2D eigenvalue weighted by atomic mass is 32.1. The Hall–Kier alpha value is -2.64. The molecular formula is C17H12N4OS2. The van der Waals surface area contributed by atoms with Crippen LogP contribution in [0.15, 0.2) is 54.6 Å². The summed E-state index contributed by atoms with van der Waals surface area (Å²) in [7, 11) is 0. The van der Waals surface area contributed by atoms with Crippen molar-refractivity contribution in [2.24, 2.45) is 0 Å². The standard InChI is InChI=1S/C17H12N4OS2/c22-14(10-11-6-2-1-3-7-11)18-15-19-16(23)21-12-8-4-5-9-13(12)24-17(21)20-15/h1-9H,10H2,(H,18,19,22,23). The topological polar surface area (TPSA) is 59.3 Å². The van der Waals surface area contributed by atoms with Crippen molar-refractivity contribution in [3.05, 3.63) is 64.9 Å². The van der Waals surface area contributed by atoms with Crippen LogP contribution in [0.5, 0.6) is 0 Å². The molecule has 4 rings (SSSR count). The van der Waals surface area contributed by atoms with E-state index in [9.17, 15) is 4.79 Å².